The van der Waals surface area contributed by atoms with E-state index in [0.717, 1.165) is 19.3 Å². The Balaban J connectivity index is 1.51. The molecule has 5 rings (SSSR count). The third-order valence-electron chi connectivity index (χ3n) is 7.65. The summed E-state index contributed by atoms with van der Waals surface area (Å²) in [6, 6.07) is 7.81. The van der Waals surface area contributed by atoms with Crippen LogP contribution < -0.4 is 4.74 Å². The predicted molar refractivity (Wildman–Crippen MR) is 123 cm³/mol. The van der Waals surface area contributed by atoms with Crippen molar-refractivity contribution in [3.8, 4) is 5.75 Å². The zero-order valence-corrected chi connectivity index (χ0v) is 20.2. The van der Waals surface area contributed by atoms with Crippen molar-refractivity contribution in [2.75, 3.05) is 0 Å². The molecule has 1 aliphatic heterocycles. The normalized spacial score (nSPS) is 24.2. The molecule has 2 aliphatic carbocycles. The van der Waals surface area contributed by atoms with E-state index in [0.29, 0.717) is 34.6 Å². The number of fused-ring (bicyclic) bond motifs is 2. The Hall–Kier alpha value is -2.78. The number of imide groups is 1. The van der Waals surface area contributed by atoms with Crippen LogP contribution in [0.1, 0.15) is 73.6 Å². The molecule has 8 nitrogen and oxygen atoms in total. The van der Waals surface area contributed by atoms with E-state index in [4.69, 9.17) is 9.02 Å². The van der Waals surface area contributed by atoms with Gasteiger partial charge in [-0.15, -0.1) is 9.35 Å². The number of rotatable bonds is 6. The Bertz CT molecular complexity index is 1330. The molecule has 2 amide bonds. The minimum absolute atomic E-state index is 0.00588. The number of carbonyl (C=O) groups excluding carboxylic acids is 3. The molecule has 3 aliphatic rings. The highest BCUT2D eigenvalue weighted by atomic mass is 32.2. The lowest BCUT2D eigenvalue weighted by atomic mass is 9.90. The van der Waals surface area contributed by atoms with Crippen LogP contribution in [0.2, 0.25) is 0 Å². The largest absolute Gasteiger partial charge is 0.426 e. The van der Waals surface area contributed by atoms with E-state index in [1.54, 1.807) is 32.0 Å². The van der Waals surface area contributed by atoms with Crippen LogP contribution in [0.3, 0.4) is 0 Å². The molecule has 0 saturated heterocycles. The zero-order valence-electron chi connectivity index (χ0n) is 19.4. The maximum Gasteiger partial charge on any atom is 0.316 e. The molecule has 180 valence electrons. The van der Waals surface area contributed by atoms with Crippen molar-refractivity contribution in [3.05, 3.63) is 41.5 Å². The Kier molecular flexibility index (Phi) is 5.33. The van der Waals surface area contributed by atoms with Gasteiger partial charge in [-0.05, 0) is 75.0 Å². The summed E-state index contributed by atoms with van der Waals surface area (Å²) >= 11 is 0. The molecule has 3 unspecified atom stereocenters. The van der Waals surface area contributed by atoms with Crippen LogP contribution in [0, 0.1) is 17.3 Å². The fraction of sp³-hybridized carbons (Fsp3) is 0.480. The highest BCUT2D eigenvalue weighted by molar-refractivity contribution is 7.87. The summed E-state index contributed by atoms with van der Waals surface area (Å²) in [4.78, 5) is 39.1. The second-order valence-electron chi connectivity index (χ2n) is 10.2. The lowest BCUT2D eigenvalue weighted by molar-refractivity contribution is -0.144. The first-order valence-electron chi connectivity index (χ1n) is 11.6. The van der Waals surface area contributed by atoms with Gasteiger partial charge in [0, 0.05) is 5.39 Å². The minimum atomic E-state index is -4.18. The lowest BCUT2D eigenvalue weighted by Gasteiger charge is -2.28. The van der Waals surface area contributed by atoms with Crippen LogP contribution in [0.25, 0.3) is 10.8 Å². The number of hydroxylamine groups is 2. The predicted octanol–water partition coefficient (Wildman–Crippen LogP) is 4.23. The topological polar surface area (TPSA) is 107 Å². The maximum atomic E-state index is 13.3. The van der Waals surface area contributed by atoms with Crippen LogP contribution in [-0.4, -0.2) is 36.5 Å². The van der Waals surface area contributed by atoms with Gasteiger partial charge >= 0.3 is 5.97 Å². The average Bonchev–Trinajstić information content (AvgIpc) is 3.44. The standard InChI is InChI=1S/C25H27NO7S/c1-4-25(2,3)24(29)32-17-12-16-6-5-7-18-21(16)19(13-17)23(28)26(22(18)27)33-34(30,31)20-11-14-8-9-15(20)10-14/h5-7,12-15,20H,4,8-11H2,1-3H3. The number of nitrogens with zero attached hydrogens (tertiary/aromatic N) is 1. The monoisotopic (exact) mass is 485 g/mol. The van der Waals surface area contributed by atoms with Crippen molar-refractivity contribution < 1.29 is 31.8 Å². The van der Waals surface area contributed by atoms with Gasteiger partial charge in [0.1, 0.15) is 5.75 Å². The third kappa shape index (κ3) is 3.62. The van der Waals surface area contributed by atoms with Crippen LogP contribution in [0.4, 0.5) is 0 Å². The highest BCUT2D eigenvalue weighted by Crippen LogP contribution is 2.48. The summed E-state index contributed by atoms with van der Waals surface area (Å²) in [7, 11) is -4.18. The average molecular weight is 486 g/mol. The van der Waals surface area contributed by atoms with Gasteiger partial charge in [0.05, 0.1) is 21.8 Å². The van der Waals surface area contributed by atoms with Gasteiger partial charge in [-0.25, -0.2) is 0 Å². The number of hydrogen-bond acceptors (Lipinski definition) is 7. The molecule has 2 saturated carbocycles. The van der Waals surface area contributed by atoms with E-state index in [1.165, 1.54) is 12.1 Å². The van der Waals surface area contributed by atoms with Gasteiger partial charge < -0.3 is 4.74 Å². The van der Waals surface area contributed by atoms with Crippen molar-refractivity contribution in [1.29, 1.82) is 0 Å². The van der Waals surface area contributed by atoms with E-state index in [1.807, 2.05) is 6.92 Å². The van der Waals surface area contributed by atoms with Gasteiger partial charge in [-0.1, -0.05) is 25.5 Å². The van der Waals surface area contributed by atoms with Gasteiger partial charge in [-0.3, -0.25) is 14.4 Å². The summed E-state index contributed by atoms with van der Waals surface area (Å²) in [6.07, 6.45) is 3.70. The van der Waals surface area contributed by atoms with E-state index in [2.05, 4.69) is 0 Å². The minimum Gasteiger partial charge on any atom is -0.426 e. The summed E-state index contributed by atoms with van der Waals surface area (Å²) < 4.78 is 36.9. The van der Waals surface area contributed by atoms with Crippen molar-refractivity contribution in [3.63, 3.8) is 0 Å². The van der Waals surface area contributed by atoms with E-state index in [9.17, 15) is 22.8 Å². The van der Waals surface area contributed by atoms with Crippen molar-refractivity contribution >= 4 is 38.7 Å². The Morgan fingerprint density at radius 2 is 1.82 bits per heavy atom. The van der Waals surface area contributed by atoms with Crippen molar-refractivity contribution in [1.82, 2.24) is 5.06 Å². The molecule has 9 heteroatoms. The molecule has 2 fully saturated rings. The molecule has 34 heavy (non-hydrogen) atoms. The lowest BCUT2D eigenvalue weighted by Crippen LogP contribution is -2.44. The Morgan fingerprint density at radius 1 is 1.09 bits per heavy atom. The number of hydrogen-bond donors (Lipinski definition) is 0. The quantitative estimate of drug-likeness (QED) is 0.342. The maximum absolute atomic E-state index is 13.3. The number of ether oxygens (including phenoxy) is 1. The van der Waals surface area contributed by atoms with Gasteiger partial charge in [0.2, 0.25) is 0 Å². The molecule has 0 N–H and O–H groups in total. The number of benzene rings is 2. The Labute approximate surface area is 198 Å². The SMILES string of the molecule is CCC(C)(C)C(=O)Oc1cc2c3c(cccc3c1)C(=O)N(OS(=O)(=O)C1CC3CCC1C3)C2=O. The van der Waals surface area contributed by atoms with E-state index >= 15 is 0 Å². The molecule has 2 bridgehead atoms. The summed E-state index contributed by atoms with van der Waals surface area (Å²) in [5, 5.41) is 0.543. The fourth-order valence-electron chi connectivity index (χ4n) is 5.27. The molecule has 0 radical (unpaired) electrons. The number of carbonyl (C=O) groups is 3. The van der Waals surface area contributed by atoms with Gasteiger partial charge in [-0.2, -0.15) is 8.42 Å². The van der Waals surface area contributed by atoms with Gasteiger partial charge in [0.25, 0.3) is 21.9 Å². The smallest absolute Gasteiger partial charge is 0.316 e. The first kappa shape index (κ1) is 23.0. The molecular weight excluding hydrogens is 458 g/mol. The Morgan fingerprint density at radius 3 is 2.47 bits per heavy atom. The van der Waals surface area contributed by atoms with Crippen LogP contribution >= 0.6 is 0 Å². The van der Waals surface area contributed by atoms with Crippen molar-refractivity contribution in [2.45, 2.75) is 58.1 Å². The molecule has 2 aromatic rings. The fourth-order valence-corrected chi connectivity index (χ4v) is 6.95. The molecule has 2 aromatic carbocycles. The summed E-state index contributed by atoms with van der Waals surface area (Å²) in [5.41, 5.74) is -0.521. The zero-order chi connectivity index (χ0) is 24.4. The van der Waals surface area contributed by atoms with Crippen molar-refractivity contribution in [2.24, 2.45) is 17.3 Å². The van der Waals surface area contributed by atoms with E-state index < -0.39 is 38.6 Å². The van der Waals surface area contributed by atoms with Crippen LogP contribution in [0.15, 0.2) is 30.3 Å². The van der Waals surface area contributed by atoms with E-state index in [-0.39, 0.29) is 22.8 Å². The number of esters is 1. The first-order valence-corrected chi connectivity index (χ1v) is 13.1. The number of amides is 2. The second-order valence-corrected chi connectivity index (χ2v) is 11.9. The third-order valence-corrected chi connectivity index (χ3v) is 9.33. The summed E-state index contributed by atoms with van der Waals surface area (Å²) in [5.74, 6) is -1.69. The highest BCUT2D eigenvalue weighted by Gasteiger charge is 2.49. The van der Waals surface area contributed by atoms with Gasteiger partial charge in [0.15, 0.2) is 0 Å². The van der Waals surface area contributed by atoms with Crippen LogP contribution in [-0.2, 0) is 19.2 Å². The summed E-state index contributed by atoms with van der Waals surface area (Å²) in [6.45, 7) is 5.40. The molecule has 0 aromatic heterocycles. The molecule has 0 spiro atoms. The molecular formula is C25H27NO7S. The first-order chi connectivity index (χ1) is 16.0. The van der Waals surface area contributed by atoms with Crippen LogP contribution in [0.5, 0.6) is 5.75 Å². The molecule has 3 atom stereocenters. The molecule has 1 heterocycles. The second kappa shape index (κ2) is 7.88.